The van der Waals surface area contributed by atoms with Crippen LogP contribution in [0.4, 0.5) is 26.3 Å². The molecule has 7 heteroatoms. The van der Waals surface area contributed by atoms with Gasteiger partial charge >= 0.3 is 339 Å². The minimum atomic E-state index is -4.53. The van der Waals surface area contributed by atoms with E-state index in [-0.39, 0.29) is 21.7 Å². The van der Waals surface area contributed by atoms with Crippen molar-refractivity contribution in [3.05, 3.63) is 144 Å². The Morgan fingerprint density at radius 1 is 0.536 bits per heavy atom. The number of fused-ring (bicyclic) bond motifs is 3. The molecule has 0 radical (unpaired) electrons. The van der Waals surface area contributed by atoms with Crippen LogP contribution in [0.25, 0.3) is 11.1 Å². The maximum atomic E-state index is 14.0. The molecule has 0 unspecified atom stereocenters. The fourth-order valence-corrected chi connectivity index (χ4v) is 21.6. The van der Waals surface area contributed by atoms with Crippen molar-refractivity contribution in [1.29, 1.82) is 0 Å². The van der Waals surface area contributed by atoms with Gasteiger partial charge in [-0.25, -0.2) is 0 Å². The quantitative estimate of drug-likeness (QED) is 0.124. The van der Waals surface area contributed by atoms with Crippen LogP contribution in [0.3, 0.4) is 0 Å². The second-order valence-corrected chi connectivity index (χ2v) is 28.3. The summed E-state index contributed by atoms with van der Waals surface area (Å²) >= 11 is -3.85. The molecule has 0 atom stereocenters. The second-order valence-electron chi connectivity index (χ2n) is 19.7. The van der Waals surface area contributed by atoms with Gasteiger partial charge in [-0.2, -0.15) is 0 Å². The molecule has 2 aliphatic rings. The molecule has 0 bridgehead atoms. The van der Waals surface area contributed by atoms with Crippen LogP contribution in [-0.4, -0.2) is 3.26 Å². The van der Waals surface area contributed by atoms with Crippen LogP contribution in [0.5, 0.6) is 0 Å². The number of alkyl halides is 6. The first-order valence-corrected chi connectivity index (χ1v) is 24.8. The van der Waals surface area contributed by atoms with E-state index in [9.17, 15) is 26.3 Å². The summed E-state index contributed by atoms with van der Waals surface area (Å²) < 4.78 is 87.3. The molecule has 0 heterocycles. The molecule has 0 aliphatic heterocycles. The number of allylic oxidation sites excluding steroid dienone is 4. The number of halogens is 6. The van der Waals surface area contributed by atoms with Crippen molar-refractivity contribution in [1.82, 2.24) is 0 Å². The van der Waals surface area contributed by atoms with Gasteiger partial charge in [-0.15, -0.1) is 0 Å². The van der Waals surface area contributed by atoms with Crippen molar-refractivity contribution in [2.45, 2.75) is 130 Å². The van der Waals surface area contributed by atoms with Crippen molar-refractivity contribution >= 4 is 6.58 Å². The zero-order valence-electron chi connectivity index (χ0n) is 34.8. The van der Waals surface area contributed by atoms with Crippen LogP contribution in [0.1, 0.15) is 145 Å². The molecule has 0 spiro atoms. The summed E-state index contributed by atoms with van der Waals surface area (Å²) in [6.45, 7) is 27.0. The van der Waals surface area contributed by atoms with E-state index in [2.05, 4.69) is 120 Å². The molecular formula is C49H54F6Hf. The molecule has 4 aromatic carbocycles. The Morgan fingerprint density at radius 2 is 0.982 bits per heavy atom. The first-order valence-electron chi connectivity index (χ1n) is 19.4. The van der Waals surface area contributed by atoms with Crippen LogP contribution < -0.4 is 3.32 Å². The monoisotopic (exact) mass is 936 g/mol. The van der Waals surface area contributed by atoms with E-state index in [1.807, 2.05) is 0 Å². The van der Waals surface area contributed by atoms with Gasteiger partial charge in [0.2, 0.25) is 0 Å². The summed E-state index contributed by atoms with van der Waals surface area (Å²) in [5, 5.41) is 0. The van der Waals surface area contributed by atoms with Crippen molar-refractivity contribution < 1.29 is 47.3 Å². The van der Waals surface area contributed by atoms with Gasteiger partial charge in [0.1, 0.15) is 0 Å². The molecule has 0 aromatic heterocycles. The molecule has 0 nitrogen and oxygen atoms in total. The predicted octanol–water partition coefficient (Wildman–Crippen LogP) is 13.8. The van der Waals surface area contributed by atoms with Crippen molar-refractivity contribution in [3.63, 3.8) is 0 Å². The Hall–Kier alpha value is -3.32. The van der Waals surface area contributed by atoms with E-state index in [1.165, 1.54) is 75.4 Å². The molecule has 0 saturated heterocycles. The third kappa shape index (κ3) is 8.18. The SMILES string of the molecule is CC(C)(C)c1cc2c(cc1C(C)(C)C)-c1cc(C(C)(C)C)c(C(C)(C)C)[c]([Hf]([C]3=CC=CC3)=[C](c3ccc(C(F)(F)F)cc3)c3ccc(C(F)(F)F)cc3)c1C2. The number of benzene rings is 4. The topological polar surface area (TPSA) is 0 Å². The average molecular weight is 935 g/mol. The molecule has 56 heavy (non-hydrogen) atoms. The molecule has 0 N–H and O–H groups in total. The Balaban J connectivity index is 1.84. The number of hydrogen-bond acceptors (Lipinski definition) is 0. The third-order valence-corrected chi connectivity index (χ3v) is 22.4. The van der Waals surface area contributed by atoms with Gasteiger partial charge in [0.25, 0.3) is 0 Å². The average Bonchev–Trinajstić information content (AvgIpc) is 3.72. The van der Waals surface area contributed by atoms with Crippen LogP contribution in [0, 0.1) is 0 Å². The fourth-order valence-electron chi connectivity index (χ4n) is 8.45. The number of hydrogen-bond donors (Lipinski definition) is 0. The van der Waals surface area contributed by atoms with E-state index >= 15 is 0 Å². The number of rotatable bonds is 4. The summed E-state index contributed by atoms with van der Waals surface area (Å²) in [5.41, 5.74) is 8.99. The van der Waals surface area contributed by atoms with E-state index in [1.54, 1.807) is 0 Å². The minimum absolute atomic E-state index is 0.100. The van der Waals surface area contributed by atoms with E-state index in [4.69, 9.17) is 0 Å². The Kier molecular flexibility index (Phi) is 10.7. The molecule has 2 aliphatic carbocycles. The molecule has 0 amide bonds. The van der Waals surface area contributed by atoms with Gasteiger partial charge in [0.15, 0.2) is 0 Å². The Morgan fingerprint density at radius 3 is 1.38 bits per heavy atom. The van der Waals surface area contributed by atoms with E-state index in [0.29, 0.717) is 24.0 Å². The molecular weight excluding hydrogens is 881 g/mol. The summed E-state index contributed by atoms with van der Waals surface area (Å²) in [7, 11) is 0. The molecule has 0 fully saturated rings. The zero-order valence-corrected chi connectivity index (χ0v) is 38.4. The summed E-state index contributed by atoms with van der Waals surface area (Å²) in [6.07, 6.45) is -1.29. The summed E-state index contributed by atoms with van der Waals surface area (Å²) in [5.74, 6) is 0. The van der Waals surface area contributed by atoms with Crippen molar-refractivity contribution in [2.24, 2.45) is 0 Å². The van der Waals surface area contributed by atoms with Crippen LogP contribution in [0.2, 0.25) is 0 Å². The van der Waals surface area contributed by atoms with Crippen LogP contribution in [0.15, 0.2) is 88.3 Å². The van der Waals surface area contributed by atoms with Gasteiger partial charge in [-0.3, -0.25) is 0 Å². The normalized spacial score (nSPS) is 14.9. The second kappa shape index (κ2) is 14.2. The van der Waals surface area contributed by atoms with Crippen molar-refractivity contribution in [3.8, 4) is 11.1 Å². The third-order valence-electron chi connectivity index (χ3n) is 11.1. The van der Waals surface area contributed by atoms with Gasteiger partial charge in [-0.05, 0) is 0 Å². The molecule has 0 saturated carbocycles. The molecule has 296 valence electrons. The first-order chi connectivity index (χ1) is 25.6. The Bertz CT molecular complexity index is 2210. The van der Waals surface area contributed by atoms with Gasteiger partial charge in [0.05, 0.1) is 0 Å². The summed E-state index contributed by atoms with van der Waals surface area (Å²) in [4.78, 5) is 0. The van der Waals surface area contributed by atoms with E-state index in [0.717, 1.165) is 27.5 Å². The summed E-state index contributed by atoms with van der Waals surface area (Å²) in [6, 6.07) is 17.8. The maximum absolute atomic E-state index is 14.0. The van der Waals surface area contributed by atoms with Gasteiger partial charge < -0.3 is 0 Å². The fraction of sp³-hybridized carbons (Fsp3) is 0.408. The zero-order chi connectivity index (χ0) is 41.6. The Labute approximate surface area is 337 Å². The molecule has 4 aromatic rings. The standard InChI is InChI=1S/C29H41.C15H8F6.C5H5.Hf/c1-26(2,3)22-14-18-13-19-15-23(27(4,5)6)25(29(10,11)12)17-21(19)20(18)16-24(22)28(7,8)9;16-14(17,18)12-5-1-10(2-6-12)9-11-3-7-13(8-4-11)15(19,20)21;1-2-4-5-3-1;/h14,16-17H,13H2,1-12H3;1-8H;1-3H,4H2;. The van der Waals surface area contributed by atoms with Crippen molar-refractivity contribution in [2.75, 3.05) is 0 Å². The molecule has 6 rings (SSSR count). The van der Waals surface area contributed by atoms with E-state index < -0.39 is 44.4 Å². The first kappa shape index (κ1) is 42.3. The van der Waals surface area contributed by atoms with Gasteiger partial charge in [0, 0.05) is 0 Å². The van der Waals surface area contributed by atoms with Gasteiger partial charge in [-0.1, -0.05) is 0 Å². The predicted molar refractivity (Wildman–Crippen MR) is 217 cm³/mol. The van der Waals surface area contributed by atoms with Crippen LogP contribution in [-0.2, 0) is 61.4 Å². The van der Waals surface area contributed by atoms with Crippen LogP contribution >= 0.6 is 0 Å².